The van der Waals surface area contributed by atoms with Gasteiger partial charge >= 0.3 is 5.97 Å². The first-order chi connectivity index (χ1) is 16.3. The molecule has 11 N–H and O–H groups in total. The molecule has 0 heterocycles. The van der Waals surface area contributed by atoms with E-state index in [-0.39, 0.29) is 47.3 Å². The lowest BCUT2D eigenvalue weighted by molar-refractivity contribution is -0.139. The van der Waals surface area contributed by atoms with Gasteiger partial charge in [0, 0.05) is 37.5 Å². The van der Waals surface area contributed by atoms with Crippen LogP contribution in [-0.2, 0) is 4.79 Å². The van der Waals surface area contributed by atoms with Crippen molar-refractivity contribution in [1.82, 2.24) is 10.6 Å². The first kappa shape index (κ1) is 28.3. The molecule has 188 valence electrons. The highest BCUT2D eigenvalue weighted by atomic mass is 16.4. The largest absolute Gasteiger partial charge is 0.513 e. The summed E-state index contributed by atoms with van der Waals surface area (Å²) in [5.41, 5.74) is 18.2. The van der Waals surface area contributed by atoms with Crippen LogP contribution in [0.4, 0.5) is 5.69 Å². The maximum Gasteiger partial charge on any atom is 0.326 e. The van der Waals surface area contributed by atoms with Gasteiger partial charge in [0.1, 0.15) is 17.6 Å². The number of allylic oxidation sites excluding steroid dienone is 1. The molecule has 12 nitrogen and oxygen atoms in total. The number of aliphatic imine (C=N–C) groups is 1. The van der Waals surface area contributed by atoms with Crippen molar-refractivity contribution in [2.24, 2.45) is 22.2 Å². The number of hydrogen-bond acceptors (Lipinski definition) is 9. The summed E-state index contributed by atoms with van der Waals surface area (Å²) in [7, 11) is 1.80. The van der Waals surface area contributed by atoms with Crippen LogP contribution in [0.25, 0.3) is 0 Å². The number of carbonyl (C=O) groups is 2. The second kappa shape index (κ2) is 13.1. The normalized spacial score (nSPS) is 12.3. The molecule has 1 rings (SSSR count). The maximum absolute atomic E-state index is 12.4. The Hall–Kier alpha value is -4.74. The fraction of sp³-hybridized carbons (Fsp3) is 0.217. The number of nitrogens with two attached hydrogens (primary N) is 3. The van der Waals surface area contributed by atoms with Crippen molar-refractivity contribution in [2.45, 2.75) is 18.9 Å². The summed E-state index contributed by atoms with van der Waals surface area (Å²) in [5, 5.41) is 30.9. The van der Waals surface area contributed by atoms with Crippen molar-refractivity contribution in [1.29, 1.82) is 5.41 Å². The van der Waals surface area contributed by atoms with Crippen LogP contribution in [0.5, 0.6) is 0 Å². The van der Waals surface area contributed by atoms with E-state index in [1.165, 1.54) is 6.21 Å². The number of carboxylic acid groups (broad SMARTS) is 1. The SMILES string of the molecule is C=C(O)CC[C@@H](NC(=O)c1ccc(N(C)CC(=C)C=NC(NC(=C)N)=C(N)C(=N)N)cc1)C(=O)O. The first-order valence-corrected chi connectivity index (χ1v) is 10.3. The van der Waals surface area contributed by atoms with Crippen molar-refractivity contribution in [3.8, 4) is 0 Å². The average molecular weight is 485 g/mol. The summed E-state index contributed by atoms with van der Waals surface area (Å²) in [6, 6.07) is 5.37. The van der Waals surface area contributed by atoms with Crippen molar-refractivity contribution in [2.75, 3.05) is 18.5 Å². The molecule has 1 aromatic carbocycles. The summed E-state index contributed by atoms with van der Waals surface area (Å²) in [4.78, 5) is 29.8. The molecule has 1 amide bonds. The molecular weight excluding hydrogens is 452 g/mol. The van der Waals surface area contributed by atoms with E-state index >= 15 is 0 Å². The Balaban J connectivity index is 2.83. The second-order valence-electron chi connectivity index (χ2n) is 7.61. The third-order valence-corrected chi connectivity index (χ3v) is 4.54. The van der Waals surface area contributed by atoms with Crippen LogP contribution < -0.4 is 32.7 Å². The van der Waals surface area contributed by atoms with Gasteiger partial charge < -0.3 is 42.9 Å². The fourth-order valence-electron chi connectivity index (χ4n) is 2.72. The van der Waals surface area contributed by atoms with Crippen LogP contribution in [0.3, 0.4) is 0 Å². The Morgan fingerprint density at radius 1 is 1.17 bits per heavy atom. The van der Waals surface area contributed by atoms with Gasteiger partial charge in [-0.15, -0.1) is 0 Å². The Morgan fingerprint density at radius 2 is 1.77 bits per heavy atom. The van der Waals surface area contributed by atoms with Crippen molar-refractivity contribution >= 4 is 29.6 Å². The van der Waals surface area contributed by atoms with Crippen molar-refractivity contribution < 1.29 is 19.8 Å². The number of rotatable bonds is 14. The summed E-state index contributed by atoms with van der Waals surface area (Å²) >= 11 is 0. The topological polar surface area (TPSA) is 216 Å². The van der Waals surface area contributed by atoms with Crippen LogP contribution in [0.15, 0.2) is 77.7 Å². The Bertz CT molecular complexity index is 1060. The van der Waals surface area contributed by atoms with Crippen LogP contribution in [0, 0.1) is 5.41 Å². The molecule has 1 aromatic rings. The van der Waals surface area contributed by atoms with E-state index in [0.717, 1.165) is 5.69 Å². The number of aliphatic hydroxyl groups excluding tert-OH is 1. The lowest BCUT2D eigenvalue weighted by Gasteiger charge is -2.20. The number of aliphatic hydroxyl groups is 1. The number of hydrogen-bond donors (Lipinski definition) is 8. The Morgan fingerprint density at radius 3 is 2.26 bits per heavy atom. The van der Waals surface area contributed by atoms with Gasteiger partial charge in [0.25, 0.3) is 5.91 Å². The van der Waals surface area contributed by atoms with Gasteiger partial charge in [0.05, 0.1) is 11.6 Å². The van der Waals surface area contributed by atoms with Crippen LogP contribution in [0.2, 0.25) is 0 Å². The van der Waals surface area contributed by atoms with E-state index in [2.05, 4.69) is 35.4 Å². The predicted octanol–water partition coefficient (Wildman–Crippen LogP) is 0.868. The molecule has 0 bridgehead atoms. The Kier molecular flexibility index (Phi) is 10.6. The monoisotopic (exact) mass is 484 g/mol. The van der Waals surface area contributed by atoms with Gasteiger partial charge in [-0.3, -0.25) is 10.2 Å². The van der Waals surface area contributed by atoms with E-state index in [1.807, 2.05) is 4.90 Å². The minimum Gasteiger partial charge on any atom is -0.513 e. The summed E-state index contributed by atoms with van der Waals surface area (Å²) in [5.74, 6) is -2.16. The van der Waals surface area contributed by atoms with E-state index in [4.69, 9.17) is 27.7 Å². The summed E-state index contributed by atoms with van der Waals surface area (Å²) in [6.07, 6.45) is 1.51. The number of carboxylic acids is 1. The number of nitrogens with zero attached hydrogens (tertiary/aromatic N) is 2. The molecule has 0 aromatic heterocycles. The van der Waals surface area contributed by atoms with Gasteiger partial charge in [-0.05, 0) is 36.3 Å². The van der Waals surface area contributed by atoms with E-state index in [9.17, 15) is 14.7 Å². The molecule has 0 unspecified atom stereocenters. The molecule has 0 spiro atoms. The molecule has 0 saturated heterocycles. The molecule has 0 aliphatic carbocycles. The van der Waals surface area contributed by atoms with Crippen LogP contribution in [0.1, 0.15) is 23.2 Å². The number of likely N-dealkylation sites (N-methyl/N-ethyl adjacent to an activating group) is 1. The number of amidine groups is 1. The number of benzene rings is 1. The maximum atomic E-state index is 12.4. The van der Waals surface area contributed by atoms with E-state index < -0.39 is 17.9 Å². The molecule has 35 heavy (non-hydrogen) atoms. The minimum absolute atomic E-state index is 0.0186. The Labute approximate surface area is 203 Å². The average Bonchev–Trinajstić information content (AvgIpc) is 2.78. The highest BCUT2D eigenvalue weighted by Crippen LogP contribution is 2.15. The molecular formula is C23H32N8O4. The number of aliphatic carboxylic acids is 1. The standard InChI is InChI=1S/C23H32N8O4/c1-13(11-28-21(29-15(3)24)19(25)20(26)27)12-31(4)17-8-6-16(7-9-17)22(33)30-18(23(34)35)10-5-14(2)32/h6-9,11,18,29,32H,1-3,5,10,12,24-25H2,4H3,(H3,26,27)(H,30,33)(H,34,35)/t18-/m1/s1. The zero-order chi connectivity index (χ0) is 26.7. The number of anilines is 1. The van der Waals surface area contributed by atoms with Crippen LogP contribution in [-0.4, -0.2) is 53.8 Å². The number of nitrogens with one attached hydrogen (secondary N) is 3. The lowest BCUT2D eigenvalue weighted by atomic mass is 10.1. The molecule has 12 heteroatoms. The highest BCUT2D eigenvalue weighted by molar-refractivity contribution is 5.97. The number of carbonyl (C=O) groups excluding carboxylic acids is 1. The minimum atomic E-state index is -1.20. The molecule has 0 aliphatic rings. The first-order valence-electron chi connectivity index (χ1n) is 10.3. The van der Waals surface area contributed by atoms with Gasteiger partial charge in [-0.25, -0.2) is 9.79 Å². The second-order valence-corrected chi connectivity index (χ2v) is 7.61. The zero-order valence-corrected chi connectivity index (χ0v) is 19.5. The fourth-order valence-corrected chi connectivity index (χ4v) is 2.72. The van der Waals surface area contributed by atoms with Crippen molar-refractivity contribution in [3.05, 3.63) is 78.2 Å². The molecule has 0 radical (unpaired) electrons. The number of amides is 1. The third kappa shape index (κ3) is 9.74. The van der Waals surface area contributed by atoms with Gasteiger partial charge in [-0.1, -0.05) is 19.7 Å². The summed E-state index contributed by atoms with van der Waals surface area (Å²) < 4.78 is 0. The highest BCUT2D eigenvalue weighted by Gasteiger charge is 2.20. The predicted molar refractivity (Wildman–Crippen MR) is 137 cm³/mol. The molecule has 0 fully saturated rings. The van der Waals surface area contributed by atoms with Gasteiger partial charge in [0.2, 0.25) is 0 Å². The van der Waals surface area contributed by atoms with E-state index in [1.54, 1.807) is 31.3 Å². The lowest BCUT2D eigenvalue weighted by Crippen LogP contribution is -2.40. The third-order valence-electron chi connectivity index (χ3n) is 4.54. The molecule has 1 atom stereocenters. The molecule has 0 aliphatic heterocycles. The van der Waals surface area contributed by atoms with Crippen molar-refractivity contribution in [3.63, 3.8) is 0 Å². The zero-order valence-electron chi connectivity index (χ0n) is 19.5. The van der Waals surface area contributed by atoms with Gasteiger partial charge in [-0.2, -0.15) is 0 Å². The summed E-state index contributed by atoms with van der Waals surface area (Å²) in [6.45, 7) is 11.1. The quantitative estimate of drug-likeness (QED) is 0.107. The van der Waals surface area contributed by atoms with Gasteiger partial charge in [0.15, 0.2) is 5.82 Å². The smallest absolute Gasteiger partial charge is 0.326 e. The molecule has 0 saturated carbocycles. The van der Waals surface area contributed by atoms with E-state index in [0.29, 0.717) is 12.1 Å². The van der Waals surface area contributed by atoms with Crippen LogP contribution >= 0.6 is 0 Å².